The third kappa shape index (κ3) is 5.08. The number of hydrogen-bond donors (Lipinski definition) is 3. The number of aromatic amines is 1. The first-order valence-electron chi connectivity index (χ1n) is 10.3. The van der Waals surface area contributed by atoms with Crippen molar-refractivity contribution < 1.29 is 14.6 Å². The predicted molar refractivity (Wildman–Crippen MR) is 123 cm³/mol. The Morgan fingerprint density at radius 1 is 1.19 bits per heavy atom. The Morgan fingerprint density at radius 2 is 1.94 bits per heavy atom. The molecule has 1 amide bonds. The molecule has 3 aromatic rings. The van der Waals surface area contributed by atoms with Crippen LogP contribution in [0.2, 0.25) is 0 Å². The molecular formula is C23H25BrN4O3. The van der Waals surface area contributed by atoms with Gasteiger partial charge in [-0.25, -0.2) is 0 Å². The van der Waals surface area contributed by atoms with Crippen LogP contribution in [0, 0.1) is 5.92 Å². The highest BCUT2D eigenvalue weighted by Crippen LogP contribution is 2.37. The number of rotatable bonds is 7. The van der Waals surface area contributed by atoms with Gasteiger partial charge in [0.05, 0.1) is 11.9 Å². The number of hydrogen-bond acceptors (Lipinski definition) is 5. The number of phenols is 1. The first-order chi connectivity index (χ1) is 15.0. The molecule has 7 nitrogen and oxygen atoms in total. The molecule has 31 heavy (non-hydrogen) atoms. The van der Waals surface area contributed by atoms with E-state index in [1.54, 1.807) is 12.3 Å². The molecule has 0 bridgehead atoms. The van der Waals surface area contributed by atoms with Gasteiger partial charge >= 0.3 is 0 Å². The zero-order chi connectivity index (χ0) is 21.8. The van der Waals surface area contributed by atoms with Crippen molar-refractivity contribution in [3.05, 3.63) is 53.1 Å². The molecule has 2 heterocycles. The number of aromatic nitrogens is 2. The van der Waals surface area contributed by atoms with E-state index in [1.807, 2.05) is 36.4 Å². The number of carbonyl (C=O) groups is 1. The SMILES string of the molecule is NC(=O)C1CCN(CCOc2ccc(-c3[nH]ncc3-c3ccc(Br)cc3)c(O)c2)CC1. The molecule has 0 atom stereocenters. The third-order valence-corrected chi connectivity index (χ3v) is 6.23. The molecule has 162 valence electrons. The first kappa shape index (κ1) is 21.4. The summed E-state index contributed by atoms with van der Waals surface area (Å²) in [6.07, 6.45) is 3.36. The van der Waals surface area contributed by atoms with Crippen molar-refractivity contribution in [2.24, 2.45) is 11.7 Å². The summed E-state index contributed by atoms with van der Waals surface area (Å²) in [7, 11) is 0. The summed E-state index contributed by atoms with van der Waals surface area (Å²) in [6.45, 7) is 2.97. The van der Waals surface area contributed by atoms with Gasteiger partial charge in [-0.05, 0) is 55.8 Å². The van der Waals surface area contributed by atoms with Crippen molar-refractivity contribution in [3.8, 4) is 33.9 Å². The molecule has 1 aliphatic rings. The van der Waals surface area contributed by atoms with Gasteiger partial charge in [-0.2, -0.15) is 5.10 Å². The number of halogens is 1. The van der Waals surface area contributed by atoms with E-state index in [4.69, 9.17) is 10.5 Å². The van der Waals surface area contributed by atoms with Crippen LogP contribution < -0.4 is 10.5 Å². The number of H-pyrrole nitrogens is 1. The maximum absolute atomic E-state index is 11.3. The Morgan fingerprint density at radius 3 is 2.61 bits per heavy atom. The Hall–Kier alpha value is -2.84. The quantitative estimate of drug-likeness (QED) is 0.473. The number of aromatic hydroxyl groups is 1. The normalized spacial score (nSPS) is 15.1. The van der Waals surface area contributed by atoms with Crippen LogP contribution in [0.4, 0.5) is 0 Å². The lowest BCUT2D eigenvalue weighted by molar-refractivity contribution is -0.123. The molecule has 1 fully saturated rings. The van der Waals surface area contributed by atoms with Crippen LogP contribution in [0.1, 0.15) is 12.8 Å². The van der Waals surface area contributed by atoms with E-state index in [1.165, 1.54) is 0 Å². The van der Waals surface area contributed by atoms with Gasteiger partial charge in [-0.1, -0.05) is 28.1 Å². The van der Waals surface area contributed by atoms with Crippen molar-refractivity contribution in [1.29, 1.82) is 0 Å². The molecule has 0 aliphatic carbocycles. The highest BCUT2D eigenvalue weighted by atomic mass is 79.9. The summed E-state index contributed by atoms with van der Waals surface area (Å²) in [5.41, 5.74) is 8.72. The second kappa shape index (κ2) is 9.53. The van der Waals surface area contributed by atoms with Gasteiger partial charge < -0.3 is 15.6 Å². The van der Waals surface area contributed by atoms with Crippen molar-refractivity contribution in [2.45, 2.75) is 12.8 Å². The van der Waals surface area contributed by atoms with Crippen molar-refractivity contribution in [3.63, 3.8) is 0 Å². The Labute approximate surface area is 189 Å². The molecule has 0 spiro atoms. The van der Waals surface area contributed by atoms with Gasteiger partial charge in [0.2, 0.25) is 5.91 Å². The van der Waals surface area contributed by atoms with E-state index in [-0.39, 0.29) is 17.6 Å². The number of amides is 1. The fraction of sp³-hybridized carbons (Fsp3) is 0.304. The van der Waals surface area contributed by atoms with E-state index in [2.05, 4.69) is 31.0 Å². The molecule has 1 aliphatic heterocycles. The molecule has 4 N–H and O–H groups in total. The lowest BCUT2D eigenvalue weighted by Crippen LogP contribution is -2.40. The molecule has 0 radical (unpaired) electrons. The van der Waals surface area contributed by atoms with Crippen LogP contribution in [0.5, 0.6) is 11.5 Å². The lowest BCUT2D eigenvalue weighted by atomic mass is 9.96. The fourth-order valence-electron chi connectivity index (χ4n) is 3.89. The minimum Gasteiger partial charge on any atom is -0.507 e. The van der Waals surface area contributed by atoms with Crippen molar-refractivity contribution in [1.82, 2.24) is 15.1 Å². The Bertz CT molecular complexity index is 1040. The summed E-state index contributed by atoms with van der Waals surface area (Å²) in [5, 5.41) is 17.8. The number of piperidine rings is 1. The van der Waals surface area contributed by atoms with Crippen molar-refractivity contribution >= 4 is 21.8 Å². The summed E-state index contributed by atoms with van der Waals surface area (Å²) in [4.78, 5) is 13.5. The standard InChI is InChI=1S/C23H25BrN4O3/c24-17-3-1-15(2-4-17)20-14-26-27-22(20)19-6-5-18(13-21(19)29)31-12-11-28-9-7-16(8-10-28)23(25)30/h1-6,13-14,16,29H,7-12H2,(H2,25,30)(H,26,27). The molecular weight excluding hydrogens is 460 g/mol. The Balaban J connectivity index is 1.38. The maximum Gasteiger partial charge on any atom is 0.220 e. The van der Waals surface area contributed by atoms with Gasteiger partial charge in [0.1, 0.15) is 18.1 Å². The number of nitrogens with one attached hydrogen (secondary N) is 1. The smallest absolute Gasteiger partial charge is 0.220 e. The van der Waals surface area contributed by atoms with Crippen LogP contribution in [0.3, 0.4) is 0 Å². The highest BCUT2D eigenvalue weighted by Gasteiger charge is 2.22. The van der Waals surface area contributed by atoms with E-state index in [0.717, 1.165) is 53.8 Å². The highest BCUT2D eigenvalue weighted by molar-refractivity contribution is 9.10. The summed E-state index contributed by atoms with van der Waals surface area (Å²) >= 11 is 3.45. The topological polar surface area (TPSA) is 104 Å². The van der Waals surface area contributed by atoms with Gasteiger partial charge in [0.15, 0.2) is 0 Å². The summed E-state index contributed by atoms with van der Waals surface area (Å²) in [5.74, 6) is 0.527. The second-order valence-electron chi connectivity index (χ2n) is 7.71. The number of ether oxygens (including phenoxy) is 1. The Kier molecular flexibility index (Phi) is 6.58. The minimum absolute atomic E-state index is 0.00792. The number of primary amides is 1. The van der Waals surface area contributed by atoms with E-state index < -0.39 is 0 Å². The van der Waals surface area contributed by atoms with Crippen molar-refractivity contribution in [2.75, 3.05) is 26.2 Å². The number of benzene rings is 2. The maximum atomic E-state index is 11.3. The van der Waals surface area contributed by atoms with E-state index in [0.29, 0.717) is 17.9 Å². The number of phenolic OH excluding ortho intramolecular Hbond substituents is 1. The zero-order valence-electron chi connectivity index (χ0n) is 17.1. The average molecular weight is 485 g/mol. The fourth-order valence-corrected chi connectivity index (χ4v) is 4.15. The van der Waals surface area contributed by atoms with Crippen LogP contribution in [-0.4, -0.2) is 52.4 Å². The van der Waals surface area contributed by atoms with Gasteiger partial charge in [0.25, 0.3) is 0 Å². The predicted octanol–water partition coefficient (Wildman–Crippen LogP) is 3.79. The van der Waals surface area contributed by atoms with Crippen LogP contribution in [0.25, 0.3) is 22.4 Å². The molecule has 0 unspecified atom stereocenters. The zero-order valence-corrected chi connectivity index (χ0v) is 18.6. The molecule has 1 saturated heterocycles. The third-order valence-electron chi connectivity index (χ3n) is 5.70. The average Bonchev–Trinajstić information content (AvgIpc) is 3.24. The second-order valence-corrected chi connectivity index (χ2v) is 8.63. The number of nitrogens with zero attached hydrogens (tertiary/aromatic N) is 2. The van der Waals surface area contributed by atoms with Gasteiger partial charge in [-0.3, -0.25) is 14.8 Å². The van der Waals surface area contributed by atoms with E-state index >= 15 is 0 Å². The molecule has 1 aromatic heterocycles. The number of nitrogens with two attached hydrogens (primary N) is 1. The molecule has 8 heteroatoms. The van der Waals surface area contributed by atoms with Gasteiger partial charge in [-0.15, -0.1) is 0 Å². The van der Waals surface area contributed by atoms with Gasteiger partial charge in [0, 0.05) is 34.1 Å². The molecule has 0 saturated carbocycles. The van der Waals surface area contributed by atoms with Crippen LogP contribution >= 0.6 is 15.9 Å². The number of carbonyl (C=O) groups excluding carboxylic acids is 1. The minimum atomic E-state index is -0.202. The lowest BCUT2D eigenvalue weighted by Gasteiger charge is -2.30. The number of likely N-dealkylation sites (tertiary alicyclic amines) is 1. The summed E-state index contributed by atoms with van der Waals surface area (Å²) < 4.78 is 6.84. The molecule has 2 aromatic carbocycles. The largest absolute Gasteiger partial charge is 0.507 e. The van der Waals surface area contributed by atoms with E-state index in [9.17, 15) is 9.90 Å². The summed E-state index contributed by atoms with van der Waals surface area (Å²) in [6, 6.07) is 13.2. The van der Waals surface area contributed by atoms with Crippen LogP contribution in [-0.2, 0) is 4.79 Å². The monoisotopic (exact) mass is 484 g/mol. The molecule has 4 rings (SSSR count). The van der Waals surface area contributed by atoms with Crippen LogP contribution in [0.15, 0.2) is 53.1 Å². The first-order valence-corrected chi connectivity index (χ1v) is 11.1.